The standard InChI is InChI=1S/C18H22N4O3S/c1-25-15-5-3-2-4-13(15)12-16-19-18(24)14(20-21-16)6-7-17(23)22-8-10-26-11-9-22/h2-5H,6-12H2,1H3,(H,19,21,24). The number of thioether (sulfide) groups is 1. The van der Waals surface area contributed by atoms with Gasteiger partial charge in [-0.3, -0.25) is 9.59 Å². The molecule has 0 radical (unpaired) electrons. The van der Waals surface area contributed by atoms with Gasteiger partial charge in [0.15, 0.2) is 0 Å². The topological polar surface area (TPSA) is 88.2 Å². The summed E-state index contributed by atoms with van der Waals surface area (Å²) in [5.41, 5.74) is 0.936. The quantitative estimate of drug-likeness (QED) is 0.819. The second-order valence-corrected chi connectivity index (χ2v) is 7.25. The van der Waals surface area contributed by atoms with Gasteiger partial charge in [0.2, 0.25) is 5.91 Å². The van der Waals surface area contributed by atoms with Gasteiger partial charge in [-0.15, -0.1) is 10.2 Å². The molecule has 1 fully saturated rings. The monoisotopic (exact) mass is 374 g/mol. The van der Waals surface area contributed by atoms with Gasteiger partial charge in [-0.25, -0.2) is 0 Å². The second kappa shape index (κ2) is 8.84. The number of hydrogen-bond acceptors (Lipinski definition) is 6. The van der Waals surface area contributed by atoms with Gasteiger partial charge < -0.3 is 14.6 Å². The second-order valence-electron chi connectivity index (χ2n) is 6.03. The van der Waals surface area contributed by atoms with Crippen LogP contribution in [-0.4, -0.2) is 57.7 Å². The van der Waals surface area contributed by atoms with Crippen LogP contribution in [0.1, 0.15) is 23.5 Å². The van der Waals surface area contributed by atoms with E-state index < -0.39 is 0 Å². The number of carbonyl (C=O) groups is 1. The fourth-order valence-electron chi connectivity index (χ4n) is 2.86. The van der Waals surface area contributed by atoms with Crippen LogP contribution in [-0.2, 0) is 17.6 Å². The largest absolute Gasteiger partial charge is 0.496 e. The Balaban J connectivity index is 1.62. The van der Waals surface area contributed by atoms with Gasteiger partial charge in [0.25, 0.3) is 5.56 Å². The first-order valence-corrected chi connectivity index (χ1v) is 9.75. The van der Waals surface area contributed by atoms with Crippen molar-refractivity contribution >= 4 is 17.7 Å². The fraction of sp³-hybridized carbons (Fsp3) is 0.444. The van der Waals surface area contributed by atoms with Crippen LogP contribution in [0.15, 0.2) is 29.1 Å². The van der Waals surface area contributed by atoms with Gasteiger partial charge >= 0.3 is 0 Å². The molecule has 1 N–H and O–H groups in total. The van der Waals surface area contributed by atoms with E-state index in [2.05, 4.69) is 15.2 Å². The molecule has 1 aromatic carbocycles. The molecule has 1 aliphatic rings. The lowest BCUT2D eigenvalue weighted by Gasteiger charge is -2.26. The average Bonchev–Trinajstić information content (AvgIpc) is 2.68. The van der Waals surface area contributed by atoms with Crippen molar-refractivity contribution in [2.75, 3.05) is 31.7 Å². The van der Waals surface area contributed by atoms with Crippen molar-refractivity contribution < 1.29 is 9.53 Å². The molecule has 2 heterocycles. The smallest absolute Gasteiger partial charge is 0.272 e. The molecule has 1 amide bonds. The van der Waals surface area contributed by atoms with Crippen molar-refractivity contribution in [2.24, 2.45) is 0 Å². The molecule has 0 bridgehead atoms. The number of benzene rings is 1. The number of hydrogen-bond donors (Lipinski definition) is 1. The number of H-pyrrole nitrogens is 1. The minimum Gasteiger partial charge on any atom is -0.496 e. The first-order chi connectivity index (χ1) is 12.7. The number of aromatic amines is 1. The lowest BCUT2D eigenvalue weighted by Crippen LogP contribution is -2.38. The highest BCUT2D eigenvalue weighted by Crippen LogP contribution is 2.19. The summed E-state index contributed by atoms with van der Waals surface area (Å²) in [4.78, 5) is 29.1. The van der Waals surface area contributed by atoms with E-state index in [0.29, 0.717) is 24.4 Å². The first-order valence-electron chi connectivity index (χ1n) is 8.59. The van der Waals surface area contributed by atoms with Gasteiger partial charge in [-0.1, -0.05) is 18.2 Å². The number of aromatic nitrogens is 3. The molecule has 1 aliphatic heterocycles. The third-order valence-corrected chi connectivity index (χ3v) is 5.24. The van der Waals surface area contributed by atoms with E-state index in [1.807, 2.05) is 40.9 Å². The molecule has 26 heavy (non-hydrogen) atoms. The number of aryl methyl sites for hydroxylation is 1. The number of para-hydroxylation sites is 1. The summed E-state index contributed by atoms with van der Waals surface area (Å²) in [7, 11) is 1.61. The minimum absolute atomic E-state index is 0.0737. The Morgan fingerprint density at radius 3 is 2.77 bits per heavy atom. The third-order valence-electron chi connectivity index (χ3n) is 4.30. The van der Waals surface area contributed by atoms with Crippen LogP contribution in [0, 0.1) is 0 Å². The normalized spacial score (nSPS) is 14.3. The van der Waals surface area contributed by atoms with Crippen LogP contribution in [0.25, 0.3) is 0 Å². The summed E-state index contributed by atoms with van der Waals surface area (Å²) in [6.45, 7) is 1.56. The van der Waals surface area contributed by atoms with E-state index in [-0.39, 0.29) is 17.9 Å². The Kier molecular flexibility index (Phi) is 6.27. The van der Waals surface area contributed by atoms with Crippen molar-refractivity contribution in [1.29, 1.82) is 0 Å². The molecular weight excluding hydrogens is 352 g/mol. The Morgan fingerprint density at radius 2 is 2.04 bits per heavy atom. The summed E-state index contributed by atoms with van der Waals surface area (Å²) < 4.78 is 5.31. The molecule has 7 nitrogen and oxygen atoms in total. The fourth-order valence-corrected chi connectivity index (χ4v) is 3.77. The molecule has 0 spiro atoms. The average molecular weight is 374 g/mol. The summed E-state index contributed by atoms with van der Waals surface area (Å²) in [6, 6.07) is 7.57. The summed E-state index contributed by atoms with van der Waals surface area (Å²) in [5, 5.41) is 8.15. The maximum Gasteiger partial charge on any atom is 0.272 e. The molecule has 8 heteroatoms. The maximum absolute atomic E-state index is 12.3. The van der Waals surface area contributed by atoms with Crippen LogP contribution in [0.2, 0.25) is 0 Å². The van der Waals surface area contributed by atoms with Gasteiger partial charge in [0.1, 0.15) is 17.3 Å². The molecule has 3 rings (SSSR count). The van der Waals surface area contributed by atoms with Crippen LogP contribution >= 0.6 is 11.8 Å². The van der Waals surface area contributed by atoms with Crippen LogP contribution in [0.5, 0.6) is 5.75 Å². The highest BCUT2D eigenvalue weighted by Gasteiger charge is 2.17. The molecule has 0 atom stereocenters. The zero-order valence-electron chi connectivity index (χ0n) is 14.7. The van der Waals surface area contributed by atoms with Crippen molar-refractivity contribution in [2.45, 2.75) is 19.3 Å². The number of amides is 1. The molecule has 2 aromatic rings. The van der Waals surface area contributed by atoms with Crippen LogP contribution in [0.3, 0.4) is 0 Å². The number of nitrogens with zero attached hydrogens (tertiary/aromatic N) is 3. The van der Waals surface area contributed by atoms with E-state index in [9.17, 15) is 9.59 Å². The van der Waals surface area contributed by atoms with E-state index >= 15 is 0 Å². The lowest BCUT2D eigenvalue weighted by atomic mass is 10.1. The summed E-state index contributed by atoms with van der Waals surface area (Å²) in [5.74, 6) is 3.24. The van der Waals surface area contributed by atoms with Crippen LogP contribution in [0.4, 0.5) is 0 Å². The highest BCUT2D eigenvalue weighted by molar-refractivity contribution is 7.99. The SMILES string of the molecule is COc1ccccc1Cc1nnc(CCC(=O)N2CCSCC2)c(=O)[nH]1. The molecule has 0 unspecified atom stereocenters. The van der Waals surface area contributed by atoms with Crippen molar-refractivity contribution in [3.05, 3.63) is 51.7 Å². The molecule has 138 valence electrons. The van der Waals surface area contributed by atoms with Gasteiger partial charge in [-0.05, 0) is 6.07 Å². The van der Waals surface area contributed by atoms with E-state index in [0.717, 1.165) is 35.9 Å². The minimum atomic E-state index is -0.285. The Hall–Kier alpha value is -2.35. The van der Waals surface area contributed by atoms with E-state index in [1.54, 1.807) is 7.11 Å². The number of carbonyl (C=O) groups excluding carboxylic acids is 1. The maximum atomic E-state index is 12.3. The van der Waals surface area contributed by atoms with Gasteiger partial charge in [0, 0.05) is 49.4 Å². The van der Waals surface area contributed by atoms with E-state index in [4.69, 9.17) is 4.74 Å². The van der Waals surface area contributed by atoms with Crippen molar-refractivity contribution in [1.82, 2.24) is 20.1 Å². The van der Waals surface area contributed by atoms with Crippen molar-refractivity contribution in [3.8, 4) is 5.75 Å². The predicted octanol–water partition coefficient (Wildman–Crippen LogP) is 1.27. The molecule has 0 aliphatic carbocycles. The Labute approximate surface area is 156 Å². The lowest BCUT2D eigenvalue weighted by molar-refractivity contribution is -0.130. The highest BCUT2D eigenvalue weighted by atomic mass is 32.2. The molecule has 1 aromatic heterocycles. The third kappa shape index (κ3) is 4.63. The zero-order chi connectivity index (χ0) is 18.4. The van der Waals surface area contributed by atoms with Gasteiger partial charge in [0.05, 0.1) is 7.11 Å². The molecular formula is C18H22N4O3S. The van der Waals surface area contributed by atoms with Crippen molar-refractivity contribution in [3.63, 3.8) is 0 Å². The number of methoxy groups -OCH3 is 1. The number of ether oxygens (including phenoxy) is 1. The number of nitrogens with one attached hydrogen (secondary N) is 1. The predicted molar refractivity (Wildman–Crippen MR) is 101 cm³/mol. The zero-order valence-corrected chi connectivity index (χ0v) is 15.6. The molecule has 1 saturated heterocycles. The Bertz CT molecular complexity index is 818. The summed E-state index contributed by atoms with van der Waals surface area (Å²) >= 11 is 1.86. The Morgan fingerprint density at radius 1 is 1.27 bits per heavy atom. The first kappa shape index (κ1) is 18.4. The molecule has 0 saturated carbocycles. The van der Waals surface area contributed by atoms with Gasteiger partial charge in [-0.2, -0.15) is 11.8 Å². The van der Waals surface area contributed by atoms with E-state index in [1.165, 1.54) is 0 Å². The summed E-state index contributed by atoms with van der Waals surface area (Å²) in [6.07, 6.45) is 1.02. The van der Waals surface area contributed by atoms with Crippen LogP contribution < -0.4 is 10.3 Å². The number of rotatable bonds is 6.